The number of hydrogen-bond acceptors (Lipinski definition) is 4. The molecule has 1 N–H and O–H groups in total. The molecule has 0 radical (unpaired) electrons. The van der Waals surface area contributed by atoms with Crippen LogP contribution in [0.5, 0.6) is 5.88 Å². The van der Waals surface area contributed by atoms with E-state index in [4.69, 9.17) is 5.26 Å². The number of carbonyl (C=O) groups is 1. The summed E-state index contributed by atoms with van der Waals surface area (Å²) < 4.78 is 1.58. The van der Waals surface area contributed by atoms with Crippen LogP contribution in [0, 0.1) is 11.3 Å². The van der Waals surface area contributed by atoms with Crippen LogP contribution in [0.25, 0.3) is 10.9 Å². The predicted octanol–water partition coefficient (Wildman–Crippen LogP) is 3.68. The van der Waals surface area contributed by atoms with E-state index in [1.54, 1.807) is 17.7 Å². The highest BCUT2D eigenvalue weighted by Gasteiger charge is 2.14. The summed E-state index contributed by atoms with van der Waals surface area (Å²) in [7, 11) is 1.71. The molecule has 3 rings (SSSR count). The van der Waals surface area contributed by atoms with Crippen molar-refractivity contribution in [1.29, 1.82) is 5.26 Å². The van der Waals surface area contributed by atoms with E-state index in [-0.39, 0.29) is 11.6 Å². The van der Waals surface area contributed by atoms with E-state index in [1.807, 2.05) is 24.3 Å². The van der Waals surface area contributed by atoms with Gasteiger partial charge in [-0.05, 0) is 30.3 Å². The third-order valence-electron chi connectivity index (χ3n) is 3.55. The fourth-order valence-corrected chi connectivity index (χ4v) is 2.30. The molecule has 0 aliphatic rings. The minimum absolute atomic E-state index is 0.0532. The highest BCUT2D eigenvalue weighted by molar-refractivity contribution is 5.97. The summed E-state index contributed by atoms with van der Waals surface area (Å²) in [6.45, 7) is 0. The van der Waals surface area contributed by atoms with Gasteiger partial charge in [-0.2, -0.15) is 5.26 Å². The number of nitrogens with zero attached hydrogens (tertiary/aromatic N) is 4. The maximum absolute atomic E-state index is 12.0. The quantitative estimate of drug-likeness (QED) is 0.732. The second kappa shape index (κ2) is 5.73. The minimum Gasteiger partial charge on any atom is -0.493 e. The predicted molar refractivity (Wildman–Crippen MR) is 84.6 cm³/mol. The molecule has 3 aromatic rings. The van der Waals surface area contributed by atoms with Gasteiger partial charge in [0.2, 0.25) is 5.88 Å². The Morgan fingerprint density at radius 2 is 1.87 bits per heavy atom. The summed E-state index contributed by atoms with van der Waals surface area (Å²) in [5.74, 6) is -0.593. The number of para-hydroxylation sites is 1. The first-order chi connectivity index (χ1) is 11.1. The number of aromatic hydroxyl groups is 1. The van der Waals surface area contributed by atoms with Crippen molar-refractivity contribution in [3.63, 3.8) is 0 Å². The van der Waals surface area contributed by atoms with E-state index in [9.17, 15) is 9.90 Å². The number of benzene rings is 2. The zero-order chi connectivity index (χ0) is 16.4. The molecule has 1 aromatic heterocycles. The Bertz CT molecular complexity index is 963. The normalized spacial score (nSPS) is 11.0. The maximum atomic E-state index is 12.0. The molecule has 0 unspecified atom stereocenters. The van der Waals surface area contributed by atoms with Gasteiger partial charge in [0.05, 0.1) is 17.1 Å². The fourth-order valence-electron chi connectivity index (χ4n) is 2.30. The van der Waals surface area contributed by atoms with Crippen molar-refractivity contribution in [1.82, 2.24) is 4.57 Å². The lowest BCUT2D eigenvalue weighted by atomic mass is 10.1. The molecule has 0 aliphatic heterocycles. The van der Waals surface area contributed by atoms with Gasteiger partial charge in [0, 0.05) is 18.0 Å². The summed E-state index contributed by atoms with van der Waals surface area (Å²) in [4.78, 5) is 12.0. The van der Waals surface area contributed by atoms with Crippen molar-refractivity contribution < 1.29 is 9.90 Å². The molecule has 0 saturated carbocycles. The average Bonchev–Trinajstić information content (AvgIpc) is 2.84. The largest absolute Gasteiger partial charge is 0.493 e. The number of rotatable bonds is 2. The fraction of sp³-hybridized carbons (Fsp3) is 0.0588. The lowest BCUT2D eigenvalue weighted by Crippen LogP contribution is -1.93. The SMILES string of the molecule is Cn1c(O)c(N=NC(=O)c2ccc(C#N)cc2)c2ccccc21. The highest BCUT2D eigenvalue weighted by Crippen LogP contribution is 2.37. The monoisotopic (exact) mass is 304 g/mol. The number of hydrogen-bond donors (Lipinski definition) is 1. The Balaban J connectivity index is 1.95. The van der Waals surface area contributed by atoms with Crippen molar-refractivity contribution >= 4 is 22.5 Å². The molecule has 2 aromatic carbocycles. The smallest absolute Gasteiger partial charge is 0.295 e. The molecule has 0 atom stereocenters. The van der Waals surface area contributed by atoms with Gasteiger partial charge in [0.1, 0.15) is 0 Å². The van der Waals surface area contributed by atoms with E-state index in [0.29, 0.717) is 16.5 Å². The first-order valence-electron chi connectivity index (χ1n) is 6.84. The maximum Gasteiger partial charge on any atom is 0.295 e. The molecule has 6 heteroatoms. The molecule has 0 aliphatic carbocycles. The van der Waals surface area contributed by atoms with Gasteiger partial charge in [-0.15, -0.1) is 10.2 Å². The van der Waals surface area contributed by atoms with Crippen molar-refractivity contribution in [2.24, 2.45) is 17.3 Å². The lowest BCUT2D eigenvalue weighted by Gasteiger charge is -1.96. The Hall–Kier alpha value is -3.46. The first-order valence-corrected chi connectivity index (χ1v) is 6.84. The molecule has 0 saturated heterocycles. The summed E-state index contributed by atoms with van der Waals surface area (Å²) in [5.41, 5.74) is 1.84. The van der Waals surface area contributed by atoms with Gasteiger partial charge >= 0.3 is 0 Å². The molecular weight excluding hydrogens is 292 g/mol. The number of azo groups is 1. The van der Waals surface area contributed by atoms with Gasteiger partial charge in [-0.3, -0.25) is 4.79 Å². The number of aryl methyl sites for hydroxylation is 1. The summed E-state index contributed by atoms with van der Waals surface area (Å²) in [5, 5.41) is 27.2. The number of aromatic nitrogens is 1. The number of amides is 1. The van der Waals surface area contributed by atoms with Crippen LogP contribution in [-0.2, 0) is 7.05 Å². The van der Waals surface area contributed by atoms with Crippen molar-refractivity contribution in [3.8, 4) is 11.9 Å². The Morgan fingerprint density at radius 1 is 1.17 bits per heavy atom. The zero-order valence-electron chi connectivity index (χ0n) is 12.3. The van der Waals surface area contributed by atoms with E-state index < -0.39 is 5.91 Å². The number of nitriles is 1. The zero-order valence-corrected chi connectivity index (χ0v) is 12.3. The third-order valence-corrected chi connectivity index (χ3v) is 3.55. The van der Waals surface area contributed by atoms with Crippen LogP contribution in [0.2, 0.25) is 0 Å². The summed E-state index contributed by atoms with van der Waals surface area (Å²) >= 11 is 0. The van der Waals surface area contributed by atoms with E-state index >= 15 is 0 Å². The van der Waals surface area contributed by atoms with E-state index in [1.165, 1.54) is 24.3 Å². The molecule has 6 nitrogen and oxygen atoms in total. The molecule has 23 heavy (non-hydrogen) atoms. The first kappa shape index (κ1) is 14.5. The van der Waals surface area contributed by atoms with Crippen LogP contribution < -0.4 is 0 Å². The minimum atomic E-state index is -0.540. The van der Waals surface area contributed by atoms with E-state index in [2.05, 4.69) is 10.2 Å². The molecule has 1 heterocycles. The van der Waals surface area contributed by atoms with Crippen LogP contribution in [-0.4, -0.2) is 15.6 Å². The van der Waals surface area contributed by atoms with Crippen molar-refractivity contribution in [3.05, 3.63) is 59.7 Å². The van der Waals surface area contributed by atoms with Crippen molar-refractivity contribution in [2.75, 3.05) is 0 Å². The summed E-state index contributed by atoms with van der Waals surface area (Å²) in [6, 6.07) is 15.4. The second-order valence-electron chi connectivity index (χ2n) is 4.94. The summed E-state index contributed by atoms with van der Waals surface area (Å²) in [6.07, 6.45) is 0. The second-order valence-corrected chi connectivity index (χ2v) is 4.94. The average molecular weight is 304 g/mol. The molecule has 1 amide bonds. The number of carbonyl (C=O) groups excluding carboxylic acids is 1. The molecule has 0 bridgehead atoms. The molecule has 112 valence electrons. The van der Waals surface area contributed by atoms with Crippen LogP contribution in [0.3, 0.4) is 0 Å². The highest BCUT2D eigenvalue weighted by atomic mass is 16.3. The lowest BCUT2D eigenvalue weighted by molar-refractivity contribution is 0.0995. The van der Waals surface area contributed by atoms with Crippen LogP contribution in [0.1, 0.15) is 15.9 Å². The Labute approximate surface area is 131 Å². The van der Waals surface area contributed by atoms with E-state index in [0.717, 1.165) is 5.52 Å². The third kappa shape index (κ3) is 2.56. The molecular formula is C17H12N4O2. The van der Waals surface area contributed by atoms with Gasteiger partial charge in [-0.1, -0.05) is 18.2 Å². The van der Waals surface area contributed by atoms with Gasteiger partial charge < -0.3 is 9.67 Å². The topological polar surface area (TPSA) is 90.7 Å². The Kier molecular flexibility index (Phi) is 3.61. The Morgan fingerprint density at radius 3 is 2.57 bits per heavy atom. The standard InChI is InChI=1S/C17H12N4O2/c1-21-14-5-3-2-4-13(14)15(17(21)23)19-20-16(22)12-8-6-11(10-18)7-9-12/h2-9,23H,1H3. The molecule has 0 spiro atoms. The van der Waals surface area contributed by atoms with Crippen LogP contribution in [0.15, 0.2) is 58.8 Å². The van der Waals surface area contributed by atoms with Crippen molar-refractivity contribution in [2.45, 2.75) is 0 Å². The molecule has 0 fully saturated rings. The number of fused-ring (bicyclic) bond motifs is 1. The van der Waals surface area contributed by atoms with Crippen LogP contribution in [0.4, 0.5) is 5.69 Å². The van der Waals surface area contributed by atoms with Gasteiger partial charge in [0.15, 0.2) is 5.69 Å². The van der Waals surface area contributed by atoms with Gasteiger partial charge in [0.25, 0.3) is 5.91 Å². The van der Waals surface area contributed by atoms with Gasteiger partial charge in [-0.25, -0.2) is 0 Å². The van der Waals surface area contributed by atoms with Crippen LogP contribution >= 0.6 is 0 Å².